The number of urea groups is 1. The minimum Gasteiger partial charge on any atom is -0.487 e. The van der Waals surface area contributed by atoms with E-state index in [1.54, 1.807) is 43.3 Å². The molecular weight excluding hydrogens is 597 g/mol. The van der Waals surface area contributed by atoms with E-state index in [0.29, 0.717) is 28.7 Å². The quantitative estimate of drug-likeness (QED) is 0.234. The Morgan fingerprint density at radius 1 is 1.02 bits per heavy atom. The molecule has 2 amide bonds. The first-order valence-electron chi connectivity index (χ1n) is 14.6. The average molecular weight is 630 g/mol. The van der Waals surface area contributed by atoms with Gasteiger partial charge in [-0.25, -0.2) is 19.2 Å². The molecule has 0 bridgehead atoms. The molecular formula is C32H33ClFN9O2. The second-order valence-corrected chi connectivity index (χ2v) is 11.4. The van der Waals surface area contributed by atoms with Crippen molar-refractivity contribution in [3.8, 4) is 17.0 Å². The molecule has 0 aliphatic carbocycles. The number of benzene rings is 3. The zero-order valence-corrected chi connectivity index (χ0v) is 25.8. The highest BCUT2D eigenvalue weighted by atomic mass is 35.5. The number of hydrogen-bond acceptors (Lipinski definition) is 8. The molecule has 6 rings (SSSR count). The van der Waals surface area contributed by atoms with Gasteiger partial charge in [0.1, 0.15) is 36.0 Å². The number of anilines is 2. The molecule has 5 aromatic rings. The van der Waals surface area contributed by atoms with Gasteiger partial charge in [0.05, 0.1) is 23.3 Å². The number of ether oxygens (including phenoxy) is 1. The van der Waals surface area contributed by atoms with E-state index in [9.17, 15) is 9.18 Å². The molecule has 232 valence electrons. The van der Waals surface area contributed by atoms with E-state index in [4.69, 9.17) is 16.3 Å². The molecule has 1 N–H and O–H groups in total. The maximum atomic E-state index is 13.5. The van der Waals surface area contributed by atoms with Crippen molar-refractivity contribution >= 4 is 40.0 Å². The fourth-order valence-corrected chi connectivity index (χ4v) is 5.40. The van der Waals surface area contributed by atoms with Crippen LogP contribution in [0.1, 0.15) is 5.56 Å². The Hall–Kier alpha value is -4.81. The Labute approximate surface area is 265 Å². The molecule has 0 spiro atoms. The first-order valence-corrected chi connectivity index (χ1v) is 15.0. The van der Waals surface area contributed by atoms with Crippen LogP contribution in [-0.2, 0) is 13.2 Å². The van der Waals surface area contributed by atoms with Gasteiger partial charge in [-0.3, -0.25) is 9.58 Å². The predicted molar refractivity (Wildman–Crippen MR) is 171 cm³/mol. The summed E-state index contributed by atoms with van der Waals surface area (Å²) in [6.45, 7) is 4.81. The Balaban J connectivity index is 1.10. The molecule has 0 atom stereocenters. The largest absolute Gasteiger partial charge is 0.487 e. The van der Waals surface area contributed by atoms with Gasteiger partial charge in [-0.15, -0.1) is 5.10 Å². The summed E-state index contributed by atoms with van der Waals surface area (Å²) in [5, 5.41) is 13.3. The van der Waals surface area contributed by atoms with Crippen LogP contribution < -0.4 is 10.1 Å². The number of nitrogens with one attached hydrogen (secondary N) is 1. The van der Waals surface area contributed by atoms with Crippen LogP contribution in [0, 0.1) is 5.82 Å². The van der Waals surface area contributed by atoms with Gasteiger partial charge in [-0.2, -0.15) is 0 Å². The monoisotopic (exact) mass is 629 g/mol. The molecule has 3 aromatic carbocycles. The number of nitrogens with zero attached hydrogens (tertiary/aromatic N) is 8. The van der Waals surface area contributed by atoms with Crippen molar-refractivity contribution in [3.05, 3.63) is 89.6 Å². The highest BCUT2D eigenvalue weighted by molar-refractivity contribution is 6.32. The van der Waals surface area contributed by atoms with Crippen molar-refractivity contribution in [1.82, 2.24) is 39.7 Å². The fourth-order valence-electron chi connectivity index (χ4n) is 5.17. The molecule has 0 radical (unpaired) electrons. The third-order valence-corrected chi connectivity index (χ3v) is 7.91. The number of hydrogen-bond donors (Lipinski definition) is 1. The van der Waals surface area contributed by atoms with Crippen LogP contribution in [0.15, 0.2) is 73.2 Å². The Morgan fingerprint density at radius 3 is 2.64 bits per heavy atom. The first-order chi connectivity index (χ1) is 21.8. The third kappa shape index (κ3) is 7.30. The van der Waals surface area contributed by atoms with E-state index < -0.39 is 0 Å². The van der Waals surface area contributed by atoms with Crippen LogP contribution in [0.25, 0.3) is 22.2 Å². The van der Waals surface area contributed by atoms with Crippen LogP contribution in [-0.4, -0.2) is 92.5 Å². The summed E-state index contributed by atoms with van der Waals surface area (Å²) in [5.41, 5.74) is 3.85. The highest BCUT2D eigenvalue weighted by Crippen LogP contribution is 2.32. The molecule has 1 aliphatic rings. The molecule has 2 aromatic heterocycles. The number of carbonyl (C=O) groups excluding carboxylic acids is 1. The van der Waals surface area contributed by atoms with E-state index in [0.717, 1.165) is 60.6 Å². The van der Waals surface area contributed by atoms with Crippen LogP contribution in [0.4, 0.5) is 20.7 Å². The molecule has 0 saturated carbocycles. The van der Waals surface area contributed by atoms with Crippen LogP contribution >= 0.6 is 11.6 Å². The van der Waals surface area contributed by atoms with Gasteiger partial charge in [0.25, 0.3) is 0 Å². The summed E-state index contributed by atoms with van der Waals surface area (Å²) in [5.74, 6) is 0.796. The Morgan fingerprint density at radius 2 is 1.87 bits per heavy atom. The van der Waals surface area contributed by atoms with Crippen molar-refractivity contribution < 1.29 is 13.9 Å². The lowest BCUT2D eigenvalue weighted by Crippen LogP contribution is -2.51. The zero-order chi connectivity index (χ0) is 31.3. The maximum absolute atomic E-state index is 13.5. The molecule has 0 unspecified atom stereocenters. The van der Waals surface area contributed by atoms with Gasteiger partial charge < -0.3 is 19.9 Å². The number of carbonyl (C=O) groups is 1. The SMILES string of the molecule is CN(C)C(=O)N1CCN(CCn2cc(-c3ccc4ncnc(Nc5ccc(OCc6cccc(F)c6)c(Cl)c5)c4c3)nn2)CC1. The normalized spacial score (nSPS) is 13.6. The van der Waals surface area contributed by atoms with E-state index >= 15 is 0 Å². The van der Waals surface area contributed by atoms with E-state index in [1.807, 2.05) is 40.0 Å². The van der Waals surface area contributed by atoms with Crippen molar-refractivity contribution in [3.63, 3.8) is 0 Å². The average Bonchev–Trinajstić information content (AvgIpc) is 3.52. The Kier molecular flexibility index (Phi) is 9.03. The number of fused-ring (bicyclic) bond motifs is 1. The molecule has 3 heterocycles. The van der Waals surface area contributed by atoms with Crippen molar-refractivity contribution in [2.75, 3.05) is 52.1 Å². The van der Waals surface area contributed by atoms with Gasteiger partial charge in [0.15, 0.2) is 0 Å². The lowest BCUT2D eigenvalue weighted by molar-refractivity contribution is 0.120. The van der Waals surface area contributed by atoms with Gasteiger partial charge >= 0.3 is 6.03 Å². The summed E-state index contributed by atoms with van der Waals surface area (Å²) in [7, 11) is 3.56. The second-order valence-electron chi connectivity index (χ2n) is 11.0. The minimum absolute atomic E-state index is 0.0558. The maximum Gasteiger partial charge on any atom is 0.319 e. The van der Waals surface area contributed by atoms with Crippen molar-refractivity contribution in [1.29, 1.82) is 0 Å². The number of aromatic nitrogens is 5. The van der Waals surface area contributed by atoms with E-state index in [2.05, 4.69) is 30.5 Å². The standard InChI is InChI=1S/C32H33ClFN9O2/c1-40(2)32(44)42-13-10-41(11-14-42)12-15-43-19-29(38-39-43)23-6-8-28-26(17-23)31(36-21-35-28)37-25-7-9-30(27(33)18-25)45-20-22-4-3-5-24(34)16-22/h3-9,16-19,21H,10-15,20H2,1-2H3,(H,35,36,37). The van der Waals surface area contributed by atoms with Crippen molar-refractivity contribution in [2.45, 2.75) is 13.2 Å². The summed E-state index contributed by atoms with van der Waals surface area (Å²) in [6.07, 6.45) is 3.45. The van der Waals surface area contributed by atoms with E-state index in [-0.39, 0.29) is 18.5 Å². The Bertz CT molecular complexity index is 1810. The summed E-state index contributed by atoms with van der Waals surface area (Å²) >= 11 is 6.51. The number of halogens is 2. The topological polar surface area (TPSA) is 105 Å². The van der Waals surface area contributed by atoms with Gasteiger partial charge in [0.2, 0.25) is 0 Å². The molecule has 1 aliphatic heterocycles. The lowest BCUT2D eigenvalue weighted by Gasteiger charge is -2.35. The first kappa shape index (κ1) is 30.2. The molecule has 11 nitrogen and oxygen atoms in total. The summed E-state index contributed by atoms with van der Waals surface area (Å²) in [6, 6.07) is 17.6. The van der Waals surface area contributed by atoms with Crippen LogP contribution in [0.2, 0.25) is 5.02 Å². The molecule has 1 saturated heterocycles. The zero-order valence-electron chi connectivity index (χ0n) is 25.0. The smallest absolute Gasteiger partial charge is 0.319 e. The van der Waals surface area contributed by atoms with Gasteiger partial charge in [0, 0.05) is 63.5 Å². The number of piperazine rings is 1. The summed E-state index contributed by atoms with van der Waals surface area (Å²) in [4.78, 5) is 26.9. The van der Waals surface area contributed by atoms with E-state index in [1.165, 1.54) is 18.5 Å². The highest BCUT2D eigenvalue weighted by Gasteiger charge is 2.22. The number of rotatable bonds is 9. The second kappa shape index (κ2) is 13.4. The van der Waals surface area contributed by atoms with Crippen LogP contribution in [0.5, 0.6) is 5.75 Å². The predicted octanol–water partition coefficient (Wildman–Crippen LogP) is 5.30. The van der Waals surface area contributed by atoms with Crippen LogP contribution in [0.3, 0.4) is 0 Å². The fraction of sp³-hybridized carbons (Fsp3) is 0.281. The summed E-state index contributed by atoms with van der Waals surface area (Å²) < 4.78 is 21.1. The number of amides is 2. The minimum atomic E-state index is -0.312. The molecule has 1 fully saturated rings. The third-order valence-electron chi connectivity index (χ3n) is 7.62. The van der Waals surface area contributed by atoms with Gasteiger partial charge in [-0.05, 0) is 48.0 Å². The van der Waals surface area contributed by atoms with Gasteiger partial charge in [-0.1, -0.05) is 35.0 Å². The lowest BCUT2D eigenvalue weighted by atomic mass is 10.1. The molecule has 13 heteroatoms. The van der Waals surface area contributed by atoms with Crippen molar-refractivity contribution in [2.24, 2.45) is 0 Å². The molecule has 45 heavy (non-hydrogen) atoms.